The van der Waals surface area contributed by atoms with Gasteiger partial charge in [-0.1, -0.05) is 81.1 Å². The highest BCUT2D eigenvalue weighted by atomic mass is 28.4. The Morgan fingerprint density at radius 3 is 0.818 bits per heavy atom. The molecule has 0 fully saturated rings. The van der Waals surface area contributed by atoms with E-state index in [-0.39, 0.29) is 0 Å². The van der Waals surface area contributed by atoms with Crippen molar-refractivity contribution in [2.75, 3.05) is 26.4 Å². The highest BCUT2D eigenvalue weighted by molar-refractivity contribution is 6.53. The summed E-state index contributed by atoms with van der Waals surface area (Å²) in [6.45, 7) is 20.9. The Kier molecular flexibility index (Phi) is 21.4. The van der Waals surface area contributed by atoms with Crippen LogP contribution in [0.25, 0.3) is 0 Å². The van der Waals surface area contributed by atoms with Gasteiger partial charge < -0.3 is 17.7 Å². The lowest BCUT2D eigenvalue weighted by molar-refractivity contribution is -0.0387. The van der Waals surface area contributed by atoms with E-state index in [1.165, 1.54) is 51.4 Å². The minimum atomic E-state index is -3.12. The highest BCUT2D eigenvalue weighted by Gasteiger charge is 2.45. The van der Waals surface area contributed by atoms with Gasteiger partial charge in [0, 0.05) is 26.4 Å². The van der Waals surface area contributed by atoms with Crippen LogP contribution in [0.4, 0.5) is 0 Å². The van der Waals surface area contributed by atoms with Gasteiger partial charge in [-0.05, 0) is 75.0 Å². The summed E-state index contributed by atoms with van der Waals surface area (Å²) in [5, 5.41) is 0. The van der Waals surface area contributed by atoms with Gasteiger partial charge >= 0.3 is 9.05 Å². The number of rotatable bonds is 24. The van der Waals surface area contributed by atoms with Crippen LogP contribution in [0, 0.1) is 23.7 Å². The lowest BCUT2D eigenvalue weighted by atomic mass is 10.0. The zero-order chi connectivity index (χ0) is 25.0. The maximum atomic E-state index is 6.40. The van der Waals surface area contributed by atoms with E-state index < -0.39 is 9.05 Å². The summed E-state index contributed by atoms with van der Waals surface area (Å²) in [7, 11) is -3.12. The van der Waals surface area contributed by atoms with Gasteiger partial charge in [-0.2, -0.15) is 0 Å². The van der Waals surface area contributed by atoms with Crippen molar-refractivity contribution in [3.05, 3.63) is 0 Å². The molecule has 0 radical (unpaired) electrons. The molecule has 4 atom stereocenters. The maximum absolute atomic E-state index is 6.40. The minimum absolute atomic E-state index is 0.665. The van der Waals surface area contributed by atoms with Gasteiger partial charge in [0.25, 0.3) is 0 Å². The zero-order valence-corrected chi connectivity index (χ0v) is 24.8. The first-order valence-electron chi connectivity index (χ1n) is 14.4. The summed E-state index contributed by atoms with van der Waals surface area (Å²) in [5.41, 5.74) is 0. The molecule has 5 heteroatoms. The van der Waals surface area contributed by atoms with Crippen molar-refractivity contribution in [3.8, 4) is 0 Å². The highest BCUT2D eigenvalue weighted by Crippen LogP contribution is 2.20. The molecule has 0 aliphatic carbocycles. The van der Waals surface area contributed by atoms with Gasteiger partial charge in [0.05, 0.1) is 0 Å². The molecule has 0 rings (SSSR count). The van der Waals surface area contributed by atoms with E-state index in [0.717, 1.165) is 49.4 Å². The molecule has 0 N–H and O–H groups in total. The van der Waals surface area contributed by atoms with Crippen LogP contribution in [0.3, 0.4) is 0 Å². The Morgan fingerprint density at radius 2 is 0.636 bits per heavy atom. The average molecular weight is 489 g/mol. The first kappa shape index (κ1) is 33.1. The molecular formula is C28H60O4Si. The summed E-state index contributed by atoms with van der Waals surface area (Å²) >= 11 is 0. The smallest absolute Gasteiger partial charge is 0.351 e. The lowest BCUT2D eigenvalue weighted by Gasteiger charge is -2.29. The van der Waals surface area contributed by atoms with Crippen LogP contribution in [-0.2, 0) is 17.7 Å². The second-order valence-corrected chi connectivity index (χ2v) is 12.7. The molecule has 0 aliphatic rings. The molecule has 0 aromatic rings. The molecule has 0 saturated carbocycles. The Bertz CT molecular complexity index is 343. The summed E-state index contributed by atoms with van der Waals surface area (Å²) in [6, 6.07) is 0. The van der Waals surface area contributed by atoms with Crippen molar-refractivity contribution in [3.63, 3.8) is 0 Å². The van der Waals surface area contributed by atoms with Crippen LogP contribution >= 0.6 is 0 Å². The predicted molar refractivity (Wildman–Crippen MR) is 144 cm³/mol. The van der Waals surface area contributed by atoms with E-state index in [1.54, 1.807) is 0 Å². The van der Waals surface area contributed by atoms with Crippen molar-refractivity contribution in [1.29, 1.82) is 0 Å². The van der Waals surface area contributed by atoms with Gasteiger partial charge in [-0.3, -0.25) is 0 Å². The van der Waals surface area contributed by atoms with E-state index >= 15 is 0 Å². The van der Waals surface area contributed by atoms with Crippen LogP contribution in [0.1, 0.15) is 132 Å². The third kappa shape index (κ3) is 18.0. The van der Waals surface area contributed by atoms with Gasteiger partial charge in [0.1, 0.15) is 0 Å². The molecular weight excluding hydrogens is 428 g/mol. The molecule has 0 heterocycles. The molecule has 0 saturated heterocycles. The van der Waals surface area contributed by atoms with E-state index in [1.807, 2.05) is 0 Å². The van der Waals surface area contributed by atoms with E-state index in [0.29, 0.717) is 26.4 Å². The summed E-state index contributed by atoms with van der Waals surface area (Å²) in [5.74, 6) is 2.92. The first-order chi connectivity index (χ1) is 15.8. The van der Waals surface area contributed by atoms with Crippen molar-refractivity contribution >= 4 is 9.05 Å². The van der Waals surface area contributed by atoms with E-state index in [2.05, 4.69) is 55.4 Å². The van der Waals surface area contributed by atoms with Gasteiger partial charge in [0.15, 0.2) is 0 Å². The van der Waals surface area contributed by atoms with Crippen molar-refractivity contribution < 1.29 is 17.7 Å². The molecule has 0 aliphatic heterocycles. The minimum Gasteiger partial charge on any atom is -0.351 e. The normalized spacial score (nSPS) is 17.5. The van der Waals surface area contributed by atoms with E-state index in [9.17, 15) is 0 Å². The third-order valence-electron chi connectivity index (χ3n) is 7.27. The SMILES string of the molecule is CCC(C)CCCO[Si](OCCCC(C)CC)(OCCCC(C)CC)OCCCC(C)CC. The third-order valence-corrected chi connectivity index (χ3v) is 9.50. The van der Waals surface area contributed by atoms with Gasteiger partial charge in [-0.25, -0.2) is 0 Å². The number of hydrogen-bond donors (Lipinski definition) is 0. The van der Waals surface area contributed by atoms with Crippen LogP contribution in [-0.4, -0.2) is 35.5 Å². The Morgan fingerprint density at radius 1 is 0.424 bits per heavy atom. The largest absolute Gasteiger partial charge is 0.679 e. The van der Waals surface area contributed by atoms with Crippen LogP contribution in [0.15, 0.2) is 0 Å². The lowest BCUT2D eigenvalue weighted by Crippen LogP contribution is -2.50. The second-order valence-electron chi connectivity index (χ2n) is 10.5. The number of hydrogen-bond acceptors (Lipinski definition) is 4. The van der Waals surface area contributed by atoms with Crippen molar-refractivity contribution in [2.45, 2.75) is 132 Å². The molecule has 0 amide bonds. The van der Waals surface area contributed by atoms with Gasteiger partial charge in [0.2, 0.25) is 0 Å². The molecule has 200 valence electrons. The topological polar surface area (TPSA) is 36.9 Å². The second kappa shape index (κ2) is 21.3. The molecule has 4 unspecified atom stereocenters. The first-order valence-corrected chi connectivity index (χ1v) is 16.0. The summed E-state index contributed by atoms with van der Waals surface area (Å²) in [4.78, 5) is 0. The molecule has 33 heavy (non-hydrogen) atoms. The van der Waals surface area contributed by atoms with E-state index in [4.69, 9.17) is 17.7 Å². The predicted octanol–water partition coefficient (Wildman–Crippen LogP) is 8.79. The standard InChI is InChI=1S/C28H60O4Si/c1-9-25(5)17-13-21-29-33(30-22-14-18-26(6)10-2,31-23-15-19-27(7)11-3)32-24-16-20-28(8)12-4/h25-28H,9-24H2,1-8H3. The van der Waals surface area contributed by atoms with Crippen LogP contribution in [0.5, 0.6) is 0 Å². The Labute approximate surface area is 209 Å². The Hall–Kier alpha value is 0.0569. The molecule has 0 aromatic carbocycles. The fourth-order valence-electron chi connectivity index (χ4n) is 3.58. The fourth-order valence-corrected chi connectivity index (χ4v) is 5.66. The zero-order valence-electron chi connectivity index (χ0n) is 23.8. The molecule has 0 spiro atoms. The fraction of sp³-hybridized carbons (Fsp3) is 1.00. The summed E-state index contributed by atoms with van der Waals surface area (Å²) in [6.07, 6.45) is 13.7. The van der Waals surface area contributed by atoms with Crippen molar-refractivity contribution in [1.82, 2.24) is 0 Å². The molecule has 0 bridgehead atoms. The summed E-state index contributed by atoms with van der Waals surface area (Å²) < 4.78 is 25.6. The van der Waals surface area contributed by atoms with Crippen molar-refractivity contribution in [2.24, 2.45) is 23.7 Å². The molecule has 4 nitrogen and oxygen atoms in total. The maximum Gasteiger partial charge on any atom is 0.679 e. The van der Waals surface area contributed by atoms with Crippen LogP contribution in [0.2, 0.25) is 0 Å². The van der Waals surface area contributed by atoms with Crippen LogP contribution < -0.4 is 0 Å². The quantitative estimate of drug-likeness (QED) is 0.100. The molecule has 0 aromatic heterocycles. The average Bonchev–Trinajstić information content (AvgIpc) is 2.83. The Balaban J connectivity index is 5.02. The monoisotopic (exact) mass is 488 g/mol. The van der Waals surface area contributed by atoms with Gasteiger partial charge in [-0.15, -0.1) is 0 Å².